The van der Waals surface area contributed by atoms with Crippen LogP contribution in [0.25, 0.3) is 0 Å². The predicted molar refractivity (Wildman–Crippen MR) is 52.3 cm³/mol. The largest absolute Gasteiger partial charge is 0.491 e. The molecule has 0 fully saturated rings. The van der Waals surface area contributed by atoms with Crippen molar-refractivity contribution in [3.8, 4) is 5.75 Å². The number of amides is 2. The molecule has 0 aliphatic carbocycles. The van der Waals surface area contributed by atoms with E-state index in [1.165, 1.54) is 0 Å². The highest BCUT2D eigenvalue weighted by Crippen LogP contribution is 2.31. The van der Waals surface area contributed by atoms with Crippen molar-refractivity contribution in [1.82, 2.24) is 10.6 Å². The number of carbonyl (C=O) groups is 1. The van der Waals surface area contributed by atoms with E-state index in [2.05, 4.69) is 10.6 Å². The van der Waals surface area contributed by atoms with Crippen LogP contribution in [-0.4, -0.2) is 19.7 Å². The van der Waals surface area contributed by atoms with Gasteiger partial charge in [-0.2, -0.15) is 0 Å². The standard InChI is InChI=1S/C10H12N2O2/c1-11-10(13)12-8-6-14-9-5-3-2-4-7(8)9/h2-5,8H,6H2,1H3,(H2,11,12,13). The topological polar surface area (TPSA) is 50.4 Å². The van der Waals surface area contributed by atoms with Crippen LogP contribution in [-0.2, 0) is 0 Å². The summed E-state index contributed by atoms with van der Waals surface area (Å²) in [5.41, 5.74) is 1.04. The molecule has 1 aliphatic rings. The van der Waals surface area contributed by atoms with E-state index in [9.17, 15) is 4.79 Å². The first-order chi connectivity index (χ1) is 6.81. The Morgan fingerprint density at radius 2 is 2.29 bits per heavy atom. The first kappa shape index (κ1) is 8.87. The SMILES string of the molecule is CNC(=O)NC1COc2ccccc21. The number of rotatable bonds is 1. The molecule has 1 aliphatic heterocycles. The molecule has 1 atom stereocenters. The van der Waals surface area contributed by atoms with Gasteiger partial charge in [0.2, 0.25) is 0 Å². The highest BCUT2D eigenvalue weighted by molar-refractivity contribution is 5.74. The highest BCUT2D eigenvalue weighted by atomic mass is 16.5. The molecule has 0 bridgehead atoms. The zero-order valence-electron chi connectivity index (χ0n) is 7.91. The monoisotopic (exact) mass is 192 g/mol. The molecular formula is C10H12N2O2. The molecule has 2 amide bonds. The summed E-state index contributed by atoms with van der Waals surface area (Å²) in [6.45, 7) is 0.507. The van der Waals surface area contributed by atoms with Crippen molar-refractivity contribution >= 4 is 6.03 Å². The summed E-state index contributed by atoms with van der Waals surface area (Å²) in [5.74, 6) is 0.855. The number of hydrogen-bond donors (Lipinski definition) is 2. The van der Waals surface area contributed by atoms with Crippen LogP contribution in [0.15, 0.2) is 24.3 Å². The van der Waals surface area contributed by atoms with Gasteiger partial charge in [0.15, 0.2) is 0 Å². The van der Waals surface area contributed by atoms with Gasteiger partial charge >= 0.3 is 6.03 Å². The molecule has 0 spiro atoms. The van der Waals surface area contributed by atoms with Crippen molar-refractivity contribution in [3.63, 3.8) is 0 Å². The Morgan fingerprint density at radius 3 is 3.07 bits per heavy atom. The summed E-state index contributed by atoms with van der Waals surface area (Å²) in [7, 11) is 1.59. The molecule has 4 nitrogen and oxygen atoms in total. The van der Waals surface area contributed by atoms with Crippen LogP contribution in [0.4, 0.5) is 4.79 Å². The van der Waals surface area contributed by atoms with E-state index in [4.69, 9.17) is 4.74 Å². The number of fused-ring (bicyclic) bond motifs is 1. The van der Waals surface area contributed by atoms with Crippen molar-refractivity contribution < 1.29 is 9.53 Å². The Hall–Kier alpha value is -1.71. The van der Waals surface area contributed by atoms with Crippen LogP contribution in [0.5, 0.6) is 5.75 Å². The second-order valence-electron chi connectivity index (χ2n) is 3.12. The van der Waals surface area contributed by atoms with Gasteiger partial charge in [-0.3, -0.25) is 0 Å². The molecule has 0 saturated heterocycles. The molecule has 0 radical (unpaired) electrons. The molecule has 2 rings (SSSR count). The molecule has 1 aromatic rings. The van der Waals surface area contributed by atoms with E-state index < -0.39 is 0 Å². The van der Waals surface area contributed by atoms with Gasteiger partial charge in [-0.15, -0.1) is 0 Å². The fraction of sp³-hybridized carbons (Fsp3) is 0.300. The zero-order chi connectivity index (χ0) is 9.97. The van der Waals surface area contributed by atoms with E-state index in [1.54, 1.807) is 7.05 Å². The Bertz CT molecular complexity index is 352. The minimum atomic E-state index is -0.185. The highest BCUT2D eigenvalue weighted by Gasteiger charge is 2.24. The first-order valence-electron chi connectivity index (χ1n) is 4.51. The Kier molecular flexibility index (Phi) is 2.26. The lowest BCUT2D eigenvalue weighted by Crippen LogP contribution is -2.36. The molecule has 4 heteroatoms. The van der Waals surface area contributed by atoms with E-state index in [1.807, 2.05) is 24.3 Å². The molecular weight excluding hydrogens is 180 g/mol. The second-order valence-corrected chi connectivity index (χ2v) is 3.12. The van der Waals surface area contributed by atoms with E-state index in [-0.39, 0.29) is 12.1 Å². The lowest BCUT2D eigenvalue weighted by Gasteiger charge is -2.10. The zero-order valence-corrected chi connectivity index (χ0v) is 7.91. The van der Waals surface area contributed by atoms with E-state index in [0.717, 1.165) is 11.3 Å². The van der Waals surface area contributed by atoms with Crippen LogP contribution >= 0.6 is 0 Å². The number of ether oxygens (including phenoxy) is 1. The average Bonchev–Trinajstić information content (AvgIpc) is 2.62. The number of para-hydroxylation sites is 1. The predicted octanol–water partition coefficient (Wildman–Crippen LogP) is 1.05. The Morgan fingerprint density at radius 1 is 1.50 bits per heavy atom. The number of carbonyl (C=O) groups excluding carboxylic acids is 1. The molecule has 1 unspecified atom stereocenters. The normalized spacial score (nSPS) is 18.2. The summed E-state index contributed by atoms with van der Waals surface area (Å²) < 4.78 is 5.41. The van der Waals surface area contributed by atoms with Gasteiger partial charge in [0, 0.05) is 12.6 Å². The quantitative estimate of drug-likeness (QED) is 0.698. The molecule has 74 valence electrons. The minimum absolute atomic E-state index is 0.0360. The van der Waals surface area contributed by atoms with Crippen molar-refractivity contribution in [1.29, 1.82) is 0 Å². The summed E-state index contributed by atoms with van der Waals surface area (Å²) in [6.07, 6.45) is 0. The van der Waals surface area contributed by atoms with Crippen molar-refractivity contribution in [2.75, 3.05) is 13.7 Å². The van der Waals surface area contributed by atoms with Gasteiger partial charge in [-0.25, -0.2) is 4.79 Å². The molecule has 2 N–H and O–H groups in total. The summed E-state index contributed by atoms with van der Waals surface area (Å²) in [5, 5.41) is 5.33. The number of nitrogens with one attached hydrogen (secondary N) is 2. The molecule has 1 aromatic carbocycles. The fourth-order valence-electron chi connectivity index (χ4n) is 1.51. The van der Waals surface area contributed by atoms with Crippen molar-refractivity contribution in [2.24, 2.45) is 0 Å². The van der Waals surface area contributed by atoms with Crippen LogP contribution in [0.2, 0.25) is 0 Å². The number of benzene rings is 1. The first-order valence-corrected chi connectivity index (χ1v) is 4.51. The fourth-order valence-corrected chi connectivity index (χ4v) is 1.51. The maximum atomic E-state index is 11.1. The van der Waals surface area contributed by atoms with Gasteiger partial charge in [0.1, 0.15) is 12.4 Å². The van der Waals surface area contributed by atoms with Gasteiger partial charge in [-0.05, 0) is 6.07 Å². The van der Waals surface area contributed by atoms with Crippen LogP contribution in [0, 0.1) is 0 Å². The van der Waals surface area contributed by atoms with Gasteiger partial charge in [0.05, 0.1) is 6.04 Å². The smallest absolute Gasteiger partial charge is 0.315 e. The molecule has 1 heterocycles. The lowest BCUT2D eigenvalue weighted by atomic mass is 10.1. The Balaban J connectivity index is 2.14. The van der Waals surface area contributed by atoms with Gasteiger partial charge in [-0.1, -0.05) is 18.2 Å². The maximum absolute atomic E-state index is 11.1. The minimum Gasteiger partial charge on any atom is -0.491 e. The average molecular weight is 192 g/mol. The summed E-state index contributed by atoms with van der Waals surface area (Å²) in [4.78, 5) is 11.1. The van der Waals surface area contributed by atoms with Gasteiger partial charge in [0.25, 0.3) is 0 Å². The maximum Gasteiger partial charge on any atom is 0.315 e. The lowest BCUT2D eigenvalue weighted by molar-refractivity contribution is 0.234. The molecule has 14 heavy (non-hydrogen) atoms. The summed E-state index contributed by atoms with van der Waals surface area (Å²) in [6, 6.07) is 7.50. The molecule has 0 saturated carbocycles. The number of urea groups is 1. The van der Waals surface area contributed by atoms with E-state index >= 15 is 0 Å². The second kappa shape index (κ2) is 3.57. The molecule has 0 aromatic heterocycles. The van der Waals surface area contributed by atoms with Crippen molar-refractivity contribution in [2.45, 2.75) is 6.04 Å². The van der Waals surface area contributed by atoms with E-state index in [0.29, 0.717) is 6.61 Å². The third-order valence-electron chi connectivity index (χ3n) is 2.23. The van der Waals surface area contributed by atoms with Crippen LogP contribution in [0.3, 0.4) is 0 Å². The third-order valence-corrected chi connectivity index (χ3v) is 2.23. The van der Waals surface area contributed by atoms with Crippen molar-refractivity contribution in [3.05, 3.63) is 29.8 Å². The van der Waals surface area contributed by atoms with Gasteiger partial charge < -0.3 is 15.4 Å². The van der Waals surface area contributed by atoms with Crippen LogP contribution < -0.4 is 15.4 Å². The number of hydrogen-bond acceptors (Lipinski definition) is 2. The Labute approximate surface area is 82.3 Å². The summed E-state index contributed by atoms with van der Waals surface area (Å²) >= 11 is 0. The third kappa shape index (κ3) is 1.51. The van der Waals surface area contributed by atoms with Crippen LogP contribution in [0.1, 0.15) is 11.6 Å².